The van der Waals surface area contributed by atoms with Crippen molar-refractivity contribution in [2.24, 2.45) is 16.7 Å². The van der Waals surface area contributed by atoms with Crippen molar-refractivity contribution in [1.29, 1.82) is 0 Å². The average molecular weight is 418 g/mol. The van der Waals surface area contributed by atoms with Gasteiger partial charge in [-0.05, 0) is 24.7 Å². The quantitative estimate of drug-likeness (QED) is 0.545. The minimum absolute atomic E-state index is 0.411. The molecule has 0 radical (unpaired) electrons. The first-order valence-electron chi connectivity index (χ1n) is 7.58. The first-order valence-corrected chi connectivity index (χ1v) is 7.95. The summed E-state index contributed by atoms with van der Waals surface area (Å²) in [5, 5.41) is 10.1. The van der Waals surface area contributed by atoms with E-state index in [1.165, 1.54) is 13.8 Å². The topological polar surface area (TPSA) is 40.1 Å². The third-order valence-corrected chi connectivity index (χ3v) is 5.69. The SMILES string of the molecule is Cc1c(F)c(F)c(CC2(C(=O)[O-])C(/C=C(\Cl)C(F)(F)F)C2(C)C)c(F)c1F. The fraction of sp³-hybridized carbons (Fsp3) is 0.471. The van der Waals surface area contributed by atoms with Crippen LogP contribution in [0.15, 0.2) is 11.1 Å². The smallest absolute Gasteiger partial charge is 0.426 e. The molecule has 2 unspecified atom stereocenters. The van der Waals surface area contributed by atoms with Gasteiger partial charge in [0.25, 0.3) is 0 Å². The number of halogens is 8. The lowest BCUT2D eigenvalue weighted by molar-refractivity contribution is -0.315. The maximum atomic E-state index is 14.1. The monoisotopic (exact) mass is 417 g/mol. The maximum absolute atomic E-state index is 14.1. The van der Waals surface area contributed by atoms with Crippen LogP contribution in [-0.4, -0.2) is 12.1 Å². The van der Waals surface area contributed by atoms with Crippen molar-refractivity contribution in [2.75, 3.05) is 0 Å². The number of hydrogen-bond acceptors (Lipinski definition) is 2. The molecule has 2 nitrogen and oxygen atoms in total. The van der Waals surface area contributed by atoms with E-state index < -0.39 is 74.7 Å². The molecule has 10 heteroatoms. The minimum Gasteiger partial charge on any atom is -0.549 e. The number of carboxylic acids is 1. The summed E-state index contributed by atoms with van der Waals surface area (Å²) in [7, 11) is 0. The van der Waals surface area contributed by atoms with Crippen LogP contribution < -0.4 is 5.11 Å². The Kier molecular flexibility index (Phi) is 5.10. The summed E-state index contributed by atoms with van der Waals surface area (Å²) in [6.45, 7) is 3.23. The third-order valence-electron chi connectivity index (χ3n) is 5.35. The fourth-order valence-corrected chi connectivity index (χ4v) is 3.63. The van der Waals surface area contributed by atoms with Crippen LogP contribution in [0.4, 0.5) is 30.7 Å². The van der Waals surface area contributed by atoms with Crippen LogP contribution in [0.2, 0.25) is 0 Å². The molecule has 1 saturated carbocycles. The van der Waals surface area contributed by atoms with E-state index >= 15 is 0 Å². The van der Waals surface area contributed by atoms with Crippen molar-refractivity contribution in [1.82, 2.24) is 0 Å². The third kappa shape index (κ3) is 3.09. The molecule has 1 fully saturated rings. The highest BCUT2D eigenvalue weighted by Gasteiger charge is 2.71. The second kappa shape index (κ2) is 6.39. The number of hydrogen-bond donors (Lipinski definition) is 0. The molecule has 2 rings (SSSR count). The zero-order valence-corrected chi connectivity index (χ0v) is 15.0. The largest absolute Gasteiger partial charge is 0.549 e. The number of allylic oxidation sites excluding steroid dienone is 2. The Balaban J connectivity index is 2.60. The minimum atomic E-state index is -4.96. The molecule has 0 spiro atoms. The lowest BCUT2D eigenvalue weighted by Gasteiger charge is -2.23. The summed E-state index contributed by atoms with van der Waals surface area (Å²) in [6.07, 6.45) is -5.66. The lowest BCUT2D eigenvalue weighted by Crippen LogP contribution is -2.38. The lowest BCUT2D eigenvalue weighted by atomic mass is 9.87. The molecule has 0 saturated heterocycles. The molecule has 27 heavy (non-hydrogen) atoms. The van der Waals surface area contributed by atoms with Crippen LogP contribution in [0.3, 0.4) is 0 Å². The van der Waals surface area contributed by atoms with E-state index in [2.05, 4.69) is 0 Å². The Morgan fingerprint density at radius 3 is 1.93 bits per heavy atom. The van der Waals surface area contributed by atoms with E-state index in [1.54, 1.807) is 0 Å². The molecule has 1 aliphatic carbocycles. The zero-order valence-electron chi connectivity index (χ0n) is 14.2. The van der Waals surface area contributed by atoms with Crippen molar-refractivity contribution in [3.05, 3.63) is 45.5 Å². The van der Waals surface area contributed by atoms with E-state index in [-0.39, 0.29) is 0 Å². The molecule has 0 heterocycles. The van der Waals surface area contributed by atoms with Gasteiger partial charge in [0.15, 0.2) is 23.3 Å². The zero-order chi connectivity index (χ0) is 21.1. The van der Waals surface area contributed by atoms with Gasteiger partial charge >= 0.3 is 6.18 Å². The van der Waals surface area contributed by atoms with Crippen LogP contribution in [-0.2, 0) is 11.2 Å². The second-order valence-electron chi connectivity index (χ2n) is 7.01. The summed E-state index contributed by atoms with van der Waals surface area (Å²) in [6, 6.07) is 0. The number of carboxylic acid groups (broad SMARTS) is 1. The Labute approximate surface area is 154 Å². The van der Waals surface area contributed by atoms with Crippen molar-refractivity contribution in [3.63, 3.8) is 0 Å². The number of carbonyl (C=O) groups is 1. The highest BCUT2D eigenvalue weighted by atomic mass is 35.5. The summed E-state index contributed by atoms with van der Waals surface area (Å²) in [5.41, 5.74) is -5.88. The summed E-state index contributed by atoms with van der Waals surface area (Å²) >= 11 is 5.14. The Hall–Kier alpha value is -1.77. The average Bonchev–Trinajstić information content (AvgIpc) is 3.02. The predicted molar refractivity (Wildman–Crippen MR) is 79.4 cm³/mol. The highest BCUT2D eigenvalue weighted by Crippen LogP contribution is 2.71. The van der Waals surface area contributed by atoms with E-state index in [0.29, 0.717) is 6.08 Å². The molecule has 2 atom stereocenters. The number of carbonyl (C=O) groups excluding carboxylic acids is 1. The number of benzene rings is 1. The van der Waals surface area contributed by atoms with Gasteiger partial charge in [0, 0.05) is 22.5 Å². The van der Waals surface area contributed by atoms with Crippen molar-refractivity contribution >= 4 is 17.6 Å². The first-order chi connectivity index (χ1) is 12.1. The summed E-state index contributed by atoms with van der Waals surface area (Å²) in [4.78, 5) is 11.7. The molecule has 1 aromatic carbocycles. The first kappa shape index (κ1) is 21.5. The van der Waals surface area contributed by atoms with Gasteiger partial charge in [-0.1, -0.05) is 31.5 Å². The Bertz CT molecular complexity index is 816. The van der Waals surface area contributed by atoms with Gasteiger partial charge in [0.1, 0.15) is 5.03 Å². The molecular weight excluding hydrogens is 405 g/mol. The van der Waals surface area contributed by atoms with Gasteiger partial charge in [0.2, 0.25) is 0 Å². The maximum Gasteiger partial charge on any atom is 0.426 e. The predicted octanol–water partition coefficient (Wildman–Crippen LogP) is 4.17. The second-order valence-corrected chi connectivity index (χ2v) is 7.41. The van der Waals surface area contributed by atoms with Gasteiger partial charge < -0.3 is 9.90 Å². The van der Waals surface area contributed by atoms with E-state index in [9.17, 15) is 40.6 Å². The van der Waals surface area contributed by atoms with E-state index in [4.69, 9.17) is 11.6 Å². The standard InChI is InChI=1S/C17H14ClF7O2/c1-6-10(19)12(21)7(13(22)11(6)20)5-16(14(26)27)8(15(16,2)3)4-9(18)17(23,24)25/h4,8H,5H2,1-3H3,(H,26,27)/p-1/b9-4-. The summed E-state index contributed by atoms with van der Waals surface area (Å²) in [5.74, 6) is -10.4. The molecule has 0 amide bonds. The molecule has 150 valence electrons. The van der Waals surface area contributed by atoms with Crippen molar-refractivity contribution < 1.29 is 40.6 Å². The molecular formula is C17H13ClF7O2-. The van der Waals surface area contributed by atoms with E-state index in [1.807, 2.05) is 0 Å². The fourth-order valence-electron chi connectivity index (χ4n) is 3.51. The van der Waals surface area contributed by atoms with E-state index in [0.717, 1.165) is 6.92 Å². The van der Waals surface area contributed by atoms with Gasteiger partial charge in [-0.2, -0.15) is 13.2 Å². The van der Waals surface area contributed by atoms with Crippen LogP contribution >= 0.6 is 11.6 Å². The van der Waals surface area contributed by atoms with Crippen LogP contribution in [0.25, 0.3) is 0 Å². The molecule has 0 aliphatic heterocycles. The van der Waals surface area contributed by atoms with Crippen molar-refractivity contribution in [3.8, 4) is 0 Å². The Morgan fingerprint density at radius 1 is 1.11 bits per heavy atom. The normalized spacial score (nSPS) is 24.9. The van der Waals surface area contributed by atoms with Crippen LogP contribution in [0, 0.1) is 46.9 Å². The van der Waals surface area contributed by atoms with Gasteiger partial charge in [0.05, 0.1) is 0 Å². The van der Waals surface area contributed by atoms with Crippen molar-refractivity contribution in [2.45, 2.75) is 33.4 Å². The molecule has 1 aliphatic rings. The number of aliphatic carboxylic acids is 1. The van der Waals surface area contributed by atoms with Gasteiger partial charge in [-0.15, -0.1) is 0 Å². The molecule has 0 N–H and O–H groups in total. The number of alkyl halides is 3. The highest BCUT2D eigenvalue weighted by molar-refractivity contribution is 6.30. The molecule has 0 aromatic heterocycles. The van der Waals surface area contributed by atoms with Crippen LogP contribution in [0.1, 0.15) is 25.0 Å². The Morgan fingerprint density at radius 2 is 1.56 bits per heavy atom. The molecule has 0 bridgehead atoms. The van der Waals surface area contributed by atoms with Gasteiger partial charge in [-0.3, -0.25) is 0 Å². The summed E-state index contributed by atoms with van der Waals surface area (Å²) < 4.78 is 93.8. The number of rotatable bonds is 4. The molecule has 1 aromatic rings. The van der Waals surface area contributed by atoms with Gasteiger partial charge in [-0.25, -0.2) is 17.6 Å². The van der Waals surface area contributed by atoms with Crippen LogP contribution in [0.5, 0.6) is 0 Å².